The van der Waals surface area contributed by atoms with Gasteiger partial charge in [0.05, 0.1) is 18.4 Å². The Morgan fingerprint density at radius 1 is 1.24 bits per heavy atom. The van der Waals surface area contributed by atoms with E-state index in [4.69, 9.17) is 9.47 Å². The van der Waals surface area contributed by atoms with E-state index in [1.165, 1.54) is 30.2 Å². The molecule has 2 heterocycles. The maximum atomic E-state index is 12.3. The second-order valence-corrected chi connectivity index (χ2v) is 8.19. The molecule has 10 heteroatoms. The van der Waals surface area contributed by atoms with Crippen molar-refractivity contribution in [2.45, 2.75) is 18.7 Å². The lowest BCUT2D eigenvalue weighted by molar-refractivity contribution is -0.113. The smallest absolute Gasteiger partial charge is 0.340 e. The second kappa shape index (κ2) is 9.57. The normalized spacial score (nSPS) is 10.6. The van der Waals surface area contributed by atoms with Crippen LogP contribution in [0.15, 0.2) is 41.6 Å². The van der Waals surface area contributed by atoms with Crippen LogP contribution in [-0.2, 0) is 23.2 Å². The average molecular weight is 433 g/mol. The van der Waals surface area contributed by atoms with E-state index in [0.29, 0.717) is 21.5 Å². The number of benzene rings is 1. The predicted molar refractivity (Wildman–Crippen MR) is 112 cm³/mol. The van der Waals surface area contributed by atoms with Crippen LogP contribution in [0, 0.1) is 6.92 Å². The van der Waals surface area contributed by atoms with Crippen molar-refractivity contribution in [3.63, 3.8) is 0 Å². The van der Waals surface area contributed by atoms with Crippen LogP contribution in [0.1, 0.15) is 21.1 Å². The van der Waals surface area contributed by atoms with E-state index >= 15 is 0 Å². The lowest BCUT2D eigenvalue weighted by Gasteiger charge is -2.07. The number of nitrogens with one attached hydrogen (secondary N) is 1. The molecule has 0 bridgehead atoms. The zero-order valence-corrected chi connectivity index (χ0v) is 17.8. The van der Waals surface area contributed by atoms with Crippen molar-refractivity contribution >= 4 is 40.0 Å². The monoisotopic (exact) mass is 432 g/mol. The number of thioether (sulfide) groups is 1. The van der Waals surface area contributed by atoms with E-state index in [2.05, 4.69) is 15.5 Å². The van der Waals surface area contributed by atoms with E-state index in [9.17, 15) is 9.59 Å². The van der Waals surface area contributed by atoms with Gasteiger partial charge in [0.15, 0.2) is 11.0 Å². The van der Waals surface area contributed by atoms with Gasteiger partial charge in [0, 0.05) is 11.9 Å². The third kappa shape index (κ3) is 5.36. The number of hydrogen-bond acceptors (Lipinski definition) is 8. The Bertz CT molecular complexity index is 1000. The molecule has 152 valence electrons. The number of aryl methyl sites for hydroxylation is 1. The zero-order valence-electron chi connectivity index (χ0n) is 16.2. The molecule has 0 fully saturated rings. The molecule has 0 unspecified atom stereocenters. The van der Waals surface area contributed by atoms with Crippen LogP contribution < -0.4 is 10.1 Å². The molecule has 3 rings (SSSR count). The lowest BCUT2D eigenvalue weighted by Crippen LogP contribution is -2.16. The lowest BCUT2D eigenvalue weighted by atomic mass is 10.3. The van der Waals surface area contributed by atoms with E-state index in [-0.39, 0.29) is 18.3 Å². The maximum Gasteiger partial charge on any atom is 0.340 e. The Morgan fingerprint density at radius 3 is 2.72 bits per heavy atom. The fourth-order valence-corrected chi connectivity index (χ4v) is 4.07. The number of ether oxygens (including phenoxy) is 2. The molecule has 0 aliphatic heterocycles. The number of methoxy groups -OCH3 is 1. The number of aromatic nitrogens is 3. The summed E-state index contributed by atoms with van der Waals surface area (Å²) in [6, 6.07) is 11.1. The first-order chi connectivity index (χ1) is 14.0. The molecule has 3 aromatic rings. The van der Waals surface area contributed by atoms with Crippen LogP contribution in [0.5, 0.6) is 5.75 Å². The number of carbonyl (C=O) groups excluding carboxylic acids is 2. The summed E-state index contributed by atoms with van der Waals surface area (Å²) >= 11 is 2.58. The van der Waals surface area contributed by atoms with Crippen molar-refractivity contribution in [2.24, 2.45) is 7.05 Å². The number of thiophene rings is 1. The van der Waals surface area contributed by atoms with E-state index in [1.807, 2.05) is 44.3 Å². The van der Waals surface area contributed by atoms with Gasteiger partial charge in [-0.2, -0.15) is 0 Å². The van der Waals surface area contributed by atoms with Gasteiger partial charge in [0.2, 0.25) is 5.91 Å². The Balaban J connectivity index is 1.56. The highest BCUT2D eigenvalue weighted by Gasteiger charge is 2.18. The number of amides is 1. The van der Waals surface area contributed by atoms with Crippen molar-refractivity contribution in [3.05, 3.63) is 52.7 Å². The Labute approximate surface area is 176 Å². The molecule has 29 heavy (non-hydrogen) atoms. The van der Waals surface area contributed by atoms with Crippen LogP contribution in [0.4, 0.5) is 5.00 Å². The summed E-state index contributed by atoms with van der Waals surface area (Å²) in [6.45, 7) is 2.14. The van der Waals surface area contributed by atoms with Crippen LogP contribution in [-0.4, -0.2) is 39.5 Å². The Hall–Kier alpha value is -2.85. The maximum absolute atomic E-state index is 12.3. The highest BCUT2D eigenvalue weighted by molar-refractivity contribution is 7.99. The van der Waals surface area contributed by atoms with Gasteiger partial charge in [-0.3, -0.25) is 4.79 Å². The number of para-hydroxylation sites is 1. The zero-order chi connectivity index (χ0) is 20.8. The summed E-state index contributed by atoms with van der Waals surface area (Å²) in [7, 11) is 3.13. The van der Waals surface area contributed by atoms with Crippen LogP contribution >= 0.6 is 23.1 Å². The molecule has 0 spiro atoms. The predicted octanol–water partition coefficient (Wildman–Crippen LogP) is 3.28. The number of carbonyl (C=O) groups is 2. The molecule has 2 aromatic heterocycles. The van der Waals surface area contributed by atoms with Gasteiger partial charge in [-0.15, -0.1) is 21.5 Å². The molecule has 1 N–H and O–H groups in total. The quantitative estimate of drug-likeness (QED) is 0.431. The molecule has 0 radical (unpaired) electrons. The van der Waals surface area contributed by atoms with Crippen LogP contribution in [0.2, 0.25) is 0 Å². The summed E-state index contributed by atoms with van der Waals surface area (Å²) in [4.78, 5) is 25.0. The van der Waals surface area contributed by atoms with Crippen molar-refractivity contribution in [2.75, 3.05) is 18.2 Å². The minimum atomic E-state index is -0.478. The first-order valence-electron chi connectivity index (χ1n) is 8.65. The van der Waals surface area contributed by atoms with Crippen LogP contribution in [0.25, 0.3) is 0 Å². The summed E-state index contributed by atoms with van der Waals surface area (Å²) < 4.78 is 12.2. The van der Waals surface area contributed by atoms with Crippen molar-refractivity contribution < 1.29 is 19.1 Å². The number of anilines is 1. The summed E-state index contributed by atoms with van der Waals surface area (Å²) in [5.74, 6) is 0.805. The standard InChI is InChI=1S/C19H20N4O4S2/c1-12-9-14(18(25)26-3)17(29-12)20-16(24)11-28-19-22-21-15(23(19)2)10-27-13-7-5-4-6-8-13/h4-9H,10-11H2,1-3H3,(H,20,24). The number of rotatable bonds is 8. The van der Waals surface area contributed by atoms with Crippen molar-refractivity contribution in [1.82, 2.24) is 14.8 Å². The molecule has 0 aliphatic rings. The minimum absolute atomic E-state index is 0.128. The van der Waals surface area contributed by atoms with Gasteiger partial charge in [0.25, 0.3) is 0 Å². The van der Waals surface area contributed by atoms with Gasteiger partial charge in [-0.25, -0.2) is 4.79 Å². The summed E-state index contributed by atoms with van der Waals surface area (Å²) in [5, 5.41) is 12.1. The molecule has 0 atom stereocenters. The summed E-state index contributed by atoms with van der Waals surface area (Å²) in [6.07, 6.45) is 0. The first kappa shape index (κ1) is 20.9. The van der Waals surface area contributed by atoms with Crippen molar-refractivity contribution in [3.8, 4) is 5.75 Å². The Morgan fingerprint density at radius 2 is 2.00 bits per heavy atom. The number of hydrogen-bond donors (Lipinski definition) is 1. The van der Waals surface area contributed by atoms with Gasteiger partial charge < -0.3 is 19.4 Å². The average Bonchev–Trinajstić information content (AvgIpc) is 3.27. The third-order valence-electron chi connectivity index (χ3n) is 3.88. The van der Waals surface area contributed by atoms with E-state index < -0.39 is 5.97 Å². The SMILES string of the molecule is COC(=O)c1cc(C)sc1NC(=O)CSc1nnc(COc2ccccc2)n1C. The molecular weight excluding hydrogens is 412 g/mol. The van der Waals surface area contributed by atoms with Gasteiger partial charge in [-0.1, -0.05) is 30.0 Å². The molecule has 0 aliphatic carbocycles. The highest BCUT2D eigenvalue weighted by atomic mass is 32.2. The molecule has 0 saturated heterocycles. The highest BCUT2D eigenvalue weighted by Crippen LogP contribution is 2.28. The summed E-state index contributed by atoms with van der Waals surface area (Å²) in [5.41, 5.74) is 0.354. The molecule has 0 saturated carbocycles. The minimum Gasteiger partial charge on any atom is -0.486 e. The van der Waals surface area contributed by atoms with E-state index in [1.54, 1.807) is 10.6 Å². The topological polar surface area (TPSA) is 95.3 Å². The first-order valence-corrected chi connectivity index (χ1v) is 10.5. The molecule has 1 amide bonds. The van der Waals surface area contributed by atoms with E-state index in [0.717, 1.165) is 10.6 Å². The molecular formula is C19H20N4O4S2. The number of nitrogens with zero attached hydrogens (tertiary/aromatic N) is 3. The Kier molecular flexibility index (Phi) is 6.89. The second-order valence-electron chi connectivity index (χ2n) is 5.99. The van der Waals surface area contributed by atoms with Crippen molar-refractivity contribution in [1.29, 1.82) is 0 Å². The van der Waals surface area contributed by atoms with Gasteiger partial charge in [-0.05, 0) is 25.1 Å². The largest absolute Gasteiger partial charge is 0.486 e. The fraction of sp³-hybridized carbons (Fsp3) is 0.263. The molecule has 8 nitrogen and oxygen atoms in total. The van der Waals surface area contributed by atoms with Gasteiger partial charge >= 0.3 is 5.97 Å². The number of esters is 1. The van der Waals surface area contributed by atoms with Gasteiger partial charge in [0.1, 0.15) is 17.4 Å². The fourth-order valence-electron chi connectivity index (χ4n) is 2.42. The third-order valence-corrected chi connectivity index (χ3v) is 5.87. The van der Waals surface area contributed by atoms with Crippen LogP contribution in [0.3, 0.4) is 0 Å². The molecule has 1 aromatic carbocycles.